The predicted octanol–water partition coefficient (Wildman–Crippen LogP) is 3.49. The number of hydrogen-bond donors (Lipinski definition) is 0. The molecule has 0 bridgehead atoms. The molecule has 1 amide bonds. The van der Waals surface area contributed by atoms with Crippen molar-refractivity contribution in [3.05, 3.63) is 53.1 Å². The first-order valence-corrected chi connectivity index (χ1v) is 10.5. The Labute approximate surface area is 187 Å². The molecule has 172 valence electrons. The highest BCUT2D eigenvalue weighted by atomic mass is 19.4. The molecule has 1 aliphatic rings. The summed E-state index contributed by atoms with van der Waals surface area (Å²) in [4.78, 5) is 15.2. The monoisotopic (exact) mass is 457 g/mol. The van der Waals surface area contributed by atoms with E-state index in [1.54, 1.807) is 35.9 Å². The van der Waals surface area contributed by atoms with Crippen LogP contribution in [0.2, 0.25) is 0 Å². The summed E-state index contributed by atoms with van der Waals surface area (Å²) >= 11 is 0. The molecule has 0 saturated heterocycles. The van der Waals surface area contributed by atoms with Gasteiger partial charge in [-0.2, -0.15) is 28.5 Å². The molecule has 11 heteroatoms. The number of carbonyl (C=O) groups excluding carboxylic acids is 1. The lowest BCUT2D eigenvalue weighted by Crippen LogP contribution is -2.39. The lowest BCUT2D eigenvalue weighted by molar-refractivity contribution is -0.143. The van der Waals surface area contributed by atoms with Gasteiger partial charge in [-0.25, -0.2) is 0 Å². The standard InChI is InChI=1S/C22H22F3N7O/c1-12-17-14(19(30(3)28-17)16-11-27-31(4)20(16)22(23,24)25)8-9-32(12)21(33)15-7-5-6-13-10-26-29(2)18(13)15/h5-7,10-12H,8-9H2,1-4H3/t12-/m0/s1. The highest BCUT2D eigenvalue weighted by Crippen LogP contribution is 2.41. The van der Waals surface area contributed by atoms with Gasteiger partial charge in [-0.1, -0.05) is 12.1 Å². The fourth-order valence-corrected chi connectivity index (χ4v) is 4.87. The van der Waals surface area contributed by atoms with Crippen LogP contribution in [0.1, 0.15) is 40.3 Å². The summed E-state index contributed by atoms with van der Waals surface area (Å²) in [6, 6.07) is 5.07. The number of rotatable bonds is 2. The summed E-state index contributed by atoms with van der Waals surface area (Å²) in [5.41, 5.74) is 2.15. The van der Waals surface area contributed by atoms with Crippen LogP contribution in [0, 0.1) is 0 Å². The third-order valence-corrected chi connectivity index (χ3v) is 6.36. The Morgan fingerprint density at radius 2 is 1.79 bits per heavy atom. The lowest BCUT2D eigenvalue weighted by Gasteiger charge is -2.33. The van der Waals surface area contributed by atoms with Crippen molar-refractivity contribution in [1.82, 2.24) is 34.2 Å². The van der Waals surface area contributed by atoms with Gasteiger partial charge < -0.3 is 4.90 Å². The fourth-order valence-electron chi connectivity index (χ4n) is 4.87. The summed E-state index contributed by atoms with van der Waals surface area (Å²) < 4.78 is 45.1. The first-order chi connectivity index (χ1) is 15.6. The highest BCUT2D eigenvalue weighted by Gasteiger charge is 2.41. The van der Waals surface area contributed by atoms with Crippen molar-refractivity contribution in [3.63, 3.8) is 0 Å². The molecular formula is C22H22F3N7O. The maximum atomic E-state index is 13.7. The van der Waals surface area contributed by atoms with E-state index in [1.165, 1.54) is 17.9 Å². The van der Waals surface area contributed by atoms with Gasteiger partial charge in [0.2, 0.25) is 0 Å². The van der Waals surface area contributed by atoms with E-state index in [9.17, 15) is 18.0 Å². The van der Waals surface area contributed by atoms with Crippen LogP contribution in [0.4, 0.5) is 13.2 Å². The molecule has 4 aromatic rings. The highest BCUT2D eigenvalue weighted by molar-refractivity contribution is 6.05. The second-order valence-electron chi connectivity index (χ2n) is 8.30. The van der Waals surface area contributed by atoms with E-state index in [4.69, 9.17) is 0 Å². The number of hydrogen-bond acceptors (Lipinski definition) is 4. The second kappa shape index (κ2) is 7.19. The predicted molar refractivity (Wildman–Crippen MR) is 114 cm³/mol. The molecule has 0 radical (unpaired) electrons. The largest absolute Gasteiger partial charge is 0.433 e. The van der Waals surface area contributed by atoms with Crippen LogP contribution < -0.4 is 0 Å². The second-order valence-corrected chi connectivity index (χ2v) is 8.30. The molecule has 0 spiro atoms. The van der Waals surface area contributed by atoms with Crippen LogP contribution >= 0.6 is 0 Å². The van der Waals surface area contributed by atoms with Gasteiger partial charge in [0.15, 0.2) is 5.69 Å². The fraction of sp³-hybridized carbons (Fsp3) is 0.364. The molecule has 3 aromatic heterocycles. The Morgan fingerprint density at radius 3 is 2.52 bits per heavy atom. The molecule has 33 heavy (non-hydrogen) atoms. The van der Waals surface area contributed by atoms with Crippen molar-refractivity contribution in [1.29, 1.82) is 0 Å². The molecule has 0 unspecified atom stereocenters. The Hall–Kier alpha value is -3.63. The molecular weight excluding hydrogens is 435 g/mol. The zero-order valence-electron chi connectivity index (χ0n) is 18.6. The Morgan fingerprint density at radius 1 is 1.06 bits per heavy atom. The van der Waals surface area contributed by atoms with Crippen LogP contribution in [0.15, 0.2) is 30.6 Å². The Balaban J connectivity index is 1.56. The minimum Gasteiger partial charge on any atom is -0.330 e. The van der Waals surface area contributed by atoms with Crippen LogP contribution in [-0.2, 0) is 33.7 Å². The summed E-state index contributed by atoms with van der Waals surface area (Å²) in [5.74, 6) is -0.160. The van der Waals surface area contributed by atoms with Crippen LogP contribution in [-0.4, -0.2) is 46.7 Å². The average Bonchev–Trinajstić information content (AvgIpc) is 3.42. The topological polar surface area (TPSA) is 73.8 Å². The number of benzene rings is 1. The van der Waals surface area contributed by atoms with Crippen molar-refractivity contribution >= 4 is 16.8 Å². The zero-order valence-corrected chi connectivity index (χ0v) is 18.6. The van der Waals surface area contributed by atoms with Crippen molar-refractivity contribution in [2.24, 2.45) is 21.1 Å². The van der Waals surface area contributed by atoms with E-state index in [0.29, 0.717) is 35.5 Å². The Bertz CT molecular complexity index is 1400. The molecule has 0 fully saturated rings. The number of nitrogens with zero attached hydrogens (tertiary/aromatic N) is 7. The summed E-state index contributed by atoms with van der Waals surface area (Å²) in [6.07, 6.45) is -1.23. The molecule has 5 rings (SSSR count). The first-order valence-electron chi connectivity index (χ1n) is 10.5. The number of para-hydroxylation sites is 1. The lowest BCUT2D eigenvalue weighted by atomic mass is 9.95. The third kappa shape index (κ3) is 3.13. The number of halogens is 3. The number of carbonyl (C=O) groups is 1. The van der Waals surface area contributed by atoms with E-state index in [2.05, 4.69) is 15.3 Å². The molecule has 8 nitrogen and oxygen atoms in total. The molecule has 0 aliphatic carbocycles. The van der Waals surface area contributed by atoms with Crippen LogP contribution in [0.3, 0.4) is 0 Å². The smallest absolute Gasteiger partial charge is 0.330 e. The summed E-state index contributed by atoms with van der Waals surface area (Å²) in [5, 5.41) is 13.5. The molecule has 1 atom stereocenters. The summed E-state index contributed by atoms with van der Waals surface area (Å²) in [6.45, 7) is 2.21. The quantitative estimate of drug-likeness (QED) is 0.462. The van der Waals surface area contributed by atoms with E-state index < -0.39 is 17.9 Å². The van der Waals surface area contributed by atoms with E-state index >= 15 is 0 Å². The number of aryl methyl sites for hydroxylation is 3. The van der Waals surface area contributed by atoms with E-state index in [1.807, 2.05) is 19.1 Å². The van der Waals surface area contributed by atoms with Gasteiger partial charge >= 0.3 is 6.18 Å². The van der Waals surface area contributed by atoms with Gasteiger partial charge in [-0.15, -0.1) is 0 Å². The minimum atomic E-state index is -4.55. The van der Waals surface area contributed by atoms with Crippen molar-refractivity contribution in [2.75, 3.05) is 6.54 Å². The van der Waals surface area contributed by atoms with Gasteiger partial charge in [-0.3, -0.25) is 18.8 Å². The van der Waals surface area contributed by atoms with E-state index in [0.717, 1.165) is 15.6 Å². The maximum absolute atomic E-state index is 13.7. The zero-order chi connectivity index (χ0) is 23.7. The molecule has 4 heterocycles. The van der Waals surface area contributed by atoms with Gasteiger partial charge in [0.25, 0.3) is 5.91 Å². The summed E-state index contributed by atoms with van der Waals surface area (Å²) in [7, 11) is 4.68. The maximum Gasteiger partial charge on any atom is 0.433 e. The van der Waals surface area contributed by atoms with Gasteiger partial charge in [0, 0.05) is 38.6 Å². The first kappa shape index (κ1) is 21.2. The number of alkyl halides is 3. The third-order valence-electron chi connectivity index (χ3n) is 6.36. The number of aromatic nitrogens is 6. The average molecular weight is 457 g/mol. The van der Waals surface area contributed by atoms with Crippen molar-refractivity contribution in [2.45, 2.75) is 25.6 Å². The molecule has 1 aliphatic heterocycles. The van der Waals surface area contributed by atoms with Crippen molar-refractivity contribution < 1.29 is 18.0 Å². The Kier molecular flexibility index (Phi) is 4.62. The number of fused-ring (bicyclic) bond motifs is 2. The van der Waals surface area contributed by atoms with Gasteiger partial charge in [-0.05, 0) is 19.4 Å². The SMILES string of the molecule is C[C@H]1c2nn(C)c(-c3cnn(C)c3C(F)(F)F)c2CCN1C(=O)c1cccc2cnn(C)c12. The molecule has 1 aromatic carbocycles. The van der Waals surface area contributed by atoms with Gasteiger partial charge in [0.1, 0.15) is 0 Å². The number of amides is 1. The normalized spacial score (nSPS) is 16.5. The van der Waals surface area contributed by atoms with Crippen LogP contribution in [0.5, 0.6) is 0 Å². The van der Waals surface area contributed by atoms with Crippen molar-refractivity contribution in [3.8, 4) is 11.3 Å². The van der Waals surface area contributed by atoms with E-state index in [-0.39, 0.29) is 11.5 Å². The van der Waals surface area contributed by atoms with Crippen LogP contribution in [0.25, 0.3) is 22.2 Å². The molecule has 0 N–H and O–H groups in total. The minimum absolute atomic E-state index is 0.00659. The van der Waals surface area contributed by atoms with Gasteiger partial charge in [0.05, 0.1) is 46.5 Å². The molecule has 0 saturated carbocycles.